The number of pyridine rings is 1. The number of benzene rings is 1. The third kappa shape index (κ3) is 3.47. The minimum absolute atomic E-state index is 0.0812. The van der Waals surface area contributed by atoms with Gasteiger partial charge in [0, 0.05) is 18.0 Å². The molecule has 0 bridgehead atoms. The number of nitrogens with two attached hydrogens (primary N) is 1. The normalized spacial score (nSPS) is 19.7. The number of fused-ring (bicyclic) bond motifs is 1. The van der Waals surface area contributed by atoms with Crippen LogP contribution in [-0.4, -0.2) is 42.2 Å². The molecule has 7 nitrogen and oxygen atoms in total. The van der Waals surface area contributed by atoms with Gasteiger partial charge in [-0.2, -0.15) is 0 Å². The number of nitrogens with zero attached hydrogens (tertiary/aromatic N) is 1. The van der Waals surface area contributed by atoms with Gasteiger partial charge < -0.3 is 20.5 Å². The van der Waals surface area contributed by atoms with Gasteiger partial charge in [-0.25, -0.2) is 4.39 Å². The number of hydrogen-bond donors (Lipinski definition) is 2. The number of halogens is 1. The summed E-state index contributed by atoms with van der Waals surface area (Å²) >= 11 is 0. The van der Waals surface area contributed by atoms with Crippen molar-refractivity contribution in [3.05, 3.63) is 30.0 Å². The second kappa shape index (κ2) is 6.92. The van der Waals surface area contributed by atoms with Crippen molar-refractivity contribution in [2.24, 2.45) is 5.73 Å². The highest BCUT2D eigenvalue weighted by Gasteiger charge is 2.32. The van der Waals surface area contributed by atoms with Crippen molar-refractivity contribution < 1.29 is 23.5 Å². The van der Waals surface area contributed by atoms with Crippen LogP contribution >= 0.6 is 0 Å². The SMILES string of the molecule is CCOc1cc2c(OC[C@@H]3C[C@H](F)C(=O)N3)ccnc2cc1C(N)=O. The molecule has 3 rings (SSSR count). The molecule has 1 fully saturated rings. The van der Waals surface area contributed by atoms with E-state index in [0.717, 1.165) is 0 Å². The Kier molecular flexibility index (Phi) is 4.69. The Morgan fingerprint density at radius 1 is 1.40 bits per heavy atom. The quantitative estimate of drug-likeness (QED) is 0.821. The molecule has 1 aromatic carbocycles. The molecule has 0 radical (unpaired) electrons. The molecule has 0 saturated carbocycles. The summed E-state index contributed by atoms with van der Waals surface area (Å²) in [6, 6.07) is 4.46. The third-order valence-electron chi connectivity index (χ3n) is 3.93. The number of primary amides is 1. The Morgan fingerprint density at radius 2 is 2.20 bits per heavy atom. The second-order valence-corrected chi connectivity index (χ2v) is 5.69. The molecule has 1 aliphatic heterocycles. The molecule has 132 valence electrons. The molecule has 2 atom stereocenters. The van der Waals surface area contributed by atoms with Crippen LogP contribution in [0.1, 0.15) is 23.7 Å². The van der Waals surface area contributed by atoms with Gasteiger partial charge in [0.15, 0.2) is 6.17 Å². The van der Waals surface area contributed by atoms with Crippen molar-refractivity contribution in [3.63, 3.8) is 0 Å². The molecule has 1 saturated heterocycles. The minimum Gasteiger partial charge on any atom is -0.493 e. The monoisotopic (exact) mass is 347 g/mol. The highest BCUT2D eigenvalue weighted by atomic mass is 19.1. The number of ether oxygens (including phenoxy) is 2. The highest BCUT2D eigenvalue weighted by Crippen LogP contribution is 2.31. The predicted octanol–water partition coefficient (Wildman–Crippen LogP) is 1.34. The van der Waals surface area contributed by atoms with Crippen LogP contribution in [0.2, 0.25) is 0 Å². The molecular weight excluding hydrogens is 329 g/mol. The van der Waals surface area contributed by atoms with Crippen LogP contribution in [0.25, 0.3) is 10.9 Å². The van der Waals surface area contributed by atoms with E-state index in [1.54, 1.807) is 25.1 Å². The van der Waals surface area contributed by atoms with Crippen molar-refractivity contribution in [3.8, 4) is 11.5 Å². The molecule has 0 unspecified atom stereocenters. The van der Waals surface area contributed by atoms with Gasteiger partial charge in [-0.15, -0.1) is 0 Å². The summed E-state index contributed by atoms with van der Waals surface area (Å²) in [6.07, 6.45) is 0.122. The first-order valence-electron chi connectivity index (χ1n) is 7.92. The van der Waals surface area contributed by atoms with Gasteiger partial charge >= 0.3 is 0 Å². The van der Waals surface area contributed by atoms with E-state index in [4.69, 9.17) is 15.2 Å². The van der Waals surface area contributed by atoms with Crippen LogP contribution in [0.3, 0.4) is 0 Å². The first-order chi connectivity index (χ1) is 12.0. The van der Waals surface area contributed by atoms with Crippen LogP contribution < -0.4 is 20.5 Å². The molecule has 2 heterocycles. The van der Waals surface area contributed by atoms with Gasteiger partial charge in [0.2, 0.25) is 0 Å². The van der Waals surface area contributed by atoms with Crippen molar-refractivity contribution in [1.29, 1.82) is 0 Å². The van der Waals surface area contributed by atoms with E-state index in [2.05, 4.69) is 10.3 Å². The summed E-state index contributed by atoms with van der Waals surface area (Å²) in [5.74, 6) is -0.379. The van der Waals surface area contributed by atoms with E-state index in [1.807, 2.05) is 0 Å². The number of rotatable bonds is 6. The summed E-state index contributed by atoms with van der Waals surface area (Å²) < 4.78 is 24.5. The molecule has 0 aliphatic carbocycles. The summed E-state index contributed by atoms with van der Waals surface area (Å²) in [5, 5.41) is 3.17. The van der Waals surface area contributed by atoms with Gasteiger partial charge in [0.05, 0.1) is 23.7 Å². The minimum atomic E-state index is -1.49. The fourth-order valence-electron chi connectivity index (χ4n) is 2.75. The number of alkyl halides is 1. The van der Waals surface area contributed by atoms with E-state index in [1.165, 1.54) is 6.20 Å². The van der Waals surface area contributed by atoms with Crippen LogP contribution in [-0.2, 0) is 4.79 Å². The topological polar surface area (TPSA) is 104 Å². The summed E-state index contributed by atoms with van der Waals surface area (Å²) in [6.45, 7) is 2.30. The molecule has 25 heavy (non-hydrogen) atoms. The van der Waals surface area contributed by atoms with Gasteiger partial charge in [-0.3, -0.25) is 14.6 Å². The Labute approximate surface area is 143 Å². The van der Waals surface area contributed by atoms with E-state index in [9.17, 15) is 14.0 Å². The van der Waals surface area contributed by atoms with Crippen LogP contribution in [0.15, 0.2) is 24.4 Å². The fourth-order valence-corrected chi connectivity index (χ4v) is 2.75. The van der Waals surface area contributed by atoms with Gasteiger partial charge in [-0.1, -0.05) is 0 Å². The van der Waals surface area contributed by atoms with Crippen molar-refractivity contribution >= 4 is 22.7 Å². The van der Waals surface area contributed by atoms with Gasteiger partial charge in [0.25, 0.3) is 11.8 Å². The molecule has 1 aromatic heterocycles. The van der Waals surface area contributed by atoms with Crippen molar-refractivity contribution in [2.75, 3.05) is 13.2 Å². The Hall–Kier alpha value is -2.90. The maximum atomic E-state index is 13.3. The molecule has 3 N–H and O–H groups in total. The lowest BCUT2D eigenvalue weighted by molar-refractivity contribution is -0.123. The third-order valence-corrected chi connectivity index (χ3v) is 3.93. The largest absolute Gasteiger partial charge is 0.493 e. The lowest BCUT2D eigenvalue weighted by atomic mass is 10.1. The zero-order valence-corrected chi connectivity index (χ0v) is 13.6. The van der Waals surface area contributed by atoms with Crippen LogP contribution in [0.5, 0.6) is 11.5 Å². The molecule has 2 aromatic rings. The number of amides is 2. The number of carbonyl (C=O) groups is 2. The lowest BCUT2D eigenvalue weighted by Gasteiger charge is -2.15. The van der Waals surface area contributed by atoms with E-state index < -0.39 is 18.0 Å². The molecule has 1 aliphatic rings. The number of aromatic nitrogens is 1. The average Bonchev–Trinajstić information content (AvgIpc) is 2.90. The molecular formula is C17H18FN3O4. The first-order valence-corrected chi connectivity index (χ1v) is 7.92. The van der Waals surface area contributed by atoms with Crippen molar-refractivity contribution in [2.45, 2.75) is 25.6 Å². The van der Waals surface area contributed by atoms with Gasteiger partial charge in [0.1, 0.15) is 18.1 Å². The average molecular weight is 347 g/mol. The zero-order valence-electron chi connectivity index (χ0n) is 13.6. The zero-order chi connectivity index (χ0) is 18.0. The standard InChI is InChI=1S/C17H18FN3O4/c1-2-24-15-7-10-13(6-11(15)16(19)22)20-4-3-14(10)25-8-9-5-12(18)17(23)21-9/h3-4,6-7,9,12H,2,5,8H2,1H3,(H2,19,22)(H,21,23)/t9-,12-/m0/s1. The first kappa shape index (κ1) is 16.9. The van der Waals surface area contributed by atoms with E-state index >= 15 is 0 Å². The smallest absolute Gasteiger partial charge is 0.254 e. The number of carbonyl (C=O) groups excluding carboxylic acids is 2. The summed E-state index contributed by atoms with van der Waals surface area (Å²) in [4.78, 5) is 27.0. The summed E-state index contributed by atoms with van der Waals surface area (Å²) in [5.41, 5.74) is 6.15. The number of hydrogen-bond acceptors (Lipinski definition) is 5. The Balaban J connectivity index is 1.89. The maximum Gasteiger partial charge on any atom is 0.254 e. The van der Waals surface area contributed by atoms with E-state index in [0.29, 0.717) is 29.0 Å². The lowest BCUT2D eigenvalue weighted by Crippen LogP contribution is -2.31. The molecule has 2 amide bonds. The molecule has 8 heteroatoms. The van der Waals surface area contributed by atoms with Crippen LogP contribution in [0.4, 0.5) is 4.39 Å². The van der Waals surface area contributed by atoms with Crippen LogP contribution in [0, 0.1) is 0 Å². The Morgan fingerprint density at radius 3 is 2.84 bits per heavy atom. The number of nitrogens with one attached hydrogen (secondary N) is 1. The summed E-state index contributed by atoms with van der Waals surface area (Å²) in [7, 11) is 0. The molecule has 0 spiro atoms. The van der Waals surface area contributed by atoms with Crippen molar-refractivity contribution in [1.82, 2.24) is 10.3 Å². The maximum absolute atomic E-state index is 13.3. The van der Waals surface area contributed by atoms with Gasteiger partial charge in [-0.05, 0) is 25.1 Å². The Bertz CT molecular complexity index is 827. The second-order valence-electron chi connectivity index (χ2n) is 5.69. The fraction of sp³-hybridized carbons (Fsp3) is 0.353. The van der Waals surface area contributed by atoms with E-state index in [-0.39, 0.29) is 24.6 Å². The highest BCUT2D eigenvalue weighted by molar-refractivity contribution is 6.01. The predicted molar refractivity (Wildman–Crippen MR) is 88.4 cm³/mol.